The van der Waals surface area contributed by atoms with E-state index in [0.717, 1.165) is 10.9 Å². The molecule has 0 aliphatic carbocycles. The number of methoxy groups -OCH3 is 1. The summed E-state index contributed by atoms with van der Waals surface area (Å²) in [5.74, 6) is -0.384. The van der Waals surface area contributed by atoms with Crippen molar-refractivity contribution in [2.45, 2.75) is 6.61 Å². The molecular formula is C29H21BrN2O4. The fraction of sp³-hybridized carbons (Fsp3) is 0.0690. The summed E-state index contributed by atoms with van der Waals surface area (Å²) in [5.41, 5.74) is 2.45. The van der Waals surface area contributed by atoms with Crippen molar-refractivity contribution in [2.75, 3.05) is 12.4 Å². The van der Waals surface area contributed by atoms with Crippen LogP contribution in [-0.2, 0) is 16.1 Å². The summed E-state index contributed by atoms with van der Waals surface area (Å²) in [4.78, 5) is 24.1. The normalized spacial score (nSPS) is 11.0. The molecule has 4 rings (SSSR count). The molecule has 0 unspecified atom stereocenters. The summed E-state index contributed by atoms with van der Waals surface area (Å²) in [6, 6.07) is 27.8. The van der Waals surface area contributed by atoms with Crippen LogP contribution in [0.5, 0.6) is 5.75 Å². The molecule has 0 aliphatic heterocycles. The number of carbonyl (C=O) groups excluding carboxylic acids is 2. The van der Waals surface area contributed by atoms with Gasteiger partial charge in [-0.25, -0.2) is 4.79 Å². The molecule has 0 heterocycles. The Morgan fingerprint density at radius 1 is 0.972 bits per heavy atom. The Morgan fingerprint density at radius 3 is 2.42 bits per heavy atom. The van der Waals surface area contributed by atoms with Gasteiger partial charge in [-0.1, -0.05) is 42.5 Å². The third-order valence-corrected chi connectivity index (χ3v) is 6.02. The highest BCUT2D eigenvalue weighted by Gasteiger charge is 2.12. The monoisotopic (exact) mass is 540 g/mol. The number of amides is 1. The van der Waals surface area contributed by atoms with E-state index in [-0.39, 0.29) is 5.57 Å². The average Bonchev–Trinajstić information content (AvgIpc) is 2.91. The van der Waals surface area contributed by atoms with Crippen LogP contribution in [0.15, 0.2) is 95.0 Å². The van der Waals surface area contributed by atoms with Gasteiger partial charge in [0.25, 0.3) is 5.91 Å². The Kier molecular flexibility index (Phi) is 7.79. The summed E-state index contributed by atoms with van der Waals surface area (Å²) in [6.07, 6.45) is 1.50. The van der Waals surface area contributed by atoms with Crippen molar-refractivity contribution in [3.05, 3.63) is 112 Å². The van der Waals surface area contributed by atoms with E-state index >= 15 is 0 Å². The smallest absolute Gasteiger partial charge is 0.337 e. The number of carbonyl (C=O) groups is 2. The number of benzene rings is 4. The molecule has 6 nitrogen and oxygen atoms in total. The van der Waals surface area contributed by atoms with Gasteiger partial charge >= 0.3 is 5.97 Å². The van der Waals surface area contributed by atoms with Gasteiger partial charge < -0.3 is 14.8 Å². The lowest BCUT2D eigenvalue weighted by Crippen LogP contribution is -2.13. The number of rotatable bonds is 7. The van der Waals surface area contributed by atoms with Crippen LogP contribution in [-0.4, -0.2) is 19.0 Å². The second-order valence-electron chi connectivity index (χ2n) is 7.85. The number of esters is 1. The molecule has 0 atom stereocenters. The van der Waals surface area contributed by atoms with E-state index in [0.29, 0.717) is 33.6 Å². The van der Waals surface area contributed by atoms with Crippen LogP contribution in [0.25, 0.3) is 16.8 Å². The molecule has 0 fully saturated rings. The van der Waals surface area contributed by atoms with Crippen molar-refractivity contribution >= 4 is 50.3 Å². The topological polar surface area (TPSA) is 88.4 Å². The first kappa shape index (κ1) is 24.7. The van der Waals surface area contributed by atoms with Gasteiger partial charge in [0.05, 0.1) is 17.1 Å². The molecule has 0 radical (unpaired) electrons. The maximum Gasteiger partial charge on any atom is 0.337 e. The van der Waals surface area contributed by atoms with Crippen LogP contribution in [0.4, 0.5) is 5.69 Å². The second-order valence-corrected chi connectivity index (χ2v) is 8.71. The van der Waals surface area contributed by atoms with Crippen LogP contribution in [0.2, 0.25) is 0 Å². The number of fused-ring (bicyclic) bond motifs is 1. The number of anilines is 1. The van der Waals surface area contributed by atoms with Gasteiger partial charge in [-0.15, -0.1) is 0 Å². The van der Waals surface area contributed by atoms with Gasteiger partial charge in [-0.3, -0.25) is 4.79 Å². The minimum atomic E-state index is -0.559. The van der Waals surface area contributed by atoms with E-state index in [1.807, 2.05) is 24.3 Å². The van der Waals surface area contributed by atoms with Gasteiger partial charge in [0.15, 0.2) is 0 Å². The molecule has 4 aromatic rings. The summed E-state index contributed by atoms with van der Waals surface area (Å²) in [7, 11) is 1.30. The molecule has 0 aliphatic rings. The fourth-order valence-electron chi connectivity index (χ4n) is 3.53. The van der Waals surface area contributed by atoms with E-state index in [9.17, 15) is 14.9 Å². The zero-order valence-corrected chi connectivity index (χ0v) is 20.9. The highest BCUT2D eigenvalue weighted by atomic mass is 79.9. The first-order valence-corrected chi connectivity index (χ1v) is 11.8. The number of ether oxygens (including phenoxy) is 2. The highest BCUT2D eigenvalue weighted by molar-refractivity contribution is 9.10. The Balaban J connectivity index is 1.42. The number of nitrogens with zero attached hydrogens (tertiary/aromatic N) is 1. The Labute approximate surface area is 216 Å². The van der Waals surface area contributed by atoms with Crippen molar-refractivity contribution in [1.82, 2.24) is 0 Å². The number of nitrogens with one attached hydrogen (secondary N) is 1. The standard InChI is InChI=1S/C29H21BrN2O4/c1-35-29(34)22-9-11-25(12-10-22)32-28(33)24(17-31)14-19-7-13-27(26(30)16-19)36-18-20-6-8-21-4-2-3-5-23(21)15-20/h2-16H,18H2,1H3,(H,32,33)/b24-14+. The molecule has 0 saturated carbocycles. The third kappa shape index (κ3) is 5.98. The van der Waals surface area contributed by atoms with Crippen molar-refractivity contribution in [1.29, 1.82) is 5.26 Å². The molecule has 0 spiro atoms. The zero-order chi connectivity index (χ0) is 25.5. The number of halogens is 1. The molecule has 4 aromatic carbocycles. The van der Waals surface area contributed by atoms with Gasteiger partial charge in [0.1, 0.15) is 24.0 Å². The van der Waals surface area contributed by atoms with Crippen LogP contribution in [0.1, 0.15) is 21.5 Å². The Morgan fingerprint density at radius 2 is 1.72 bits per heavy atom. The molecule has 1 amide bonds. The van der Waals surface area contributed by atoms with E-state index < -0.39 is 11.9 Å². The quantitative estimate of drug-likeness (QED) is 0.164. The zero-order valence-electron chi connectivity index (χ0n) is 19.3. The van der Waals surface area contributed by atoms with Gasteiger partial charge in [-0.2, -0.15) is 5.26 Å². The first-order chi connectivity index (χ1) is 17.5. The lowest BCUT2D eigenvalue weighted by molar-refractivity contribution is -0.112. The molecule has 0 aromatic heterocycles. The average molecular weight is 541 g/mol. The van der Waals surface area contributed by atoms with Crippen LogP contribution in [0, 0.1) is 11.3 Å². The highest BCUT2D eigenvalue weighted by Crippen LogP contribution is 2.28. The van der Waals surface area contributed by atoms with Crippen LogP contribution in [0.3, 0.4) is 0 Å². The van der Waals surface area contributed by atoms with E-state index in [1.165, 1.54) is 30.7 Å². The lowest BCUT2D eigenvalue weighted by Gasteiger charge is -2.10. The number of hydrogen-bond acceptors (Lipinski definition) is 5. The van der Waals surface area contributed by atoms with E-state index in [1.54, 1.807) is 30.3 Å². The molecule has 178 valence electrons. The predicted octanol–water partition coefficient (Wildman–Crippen LogP) is 6.51. The molecular weight excluding hydrogens is 520 g/mol. The van der Waals surface area contributed by atoms with Crippen LogP contribution >= 0.6 is 15.9 Å². The summed E-state index contributed by atoms with van der Waals surface area (Å²) in [5, 5.41) is 14.5. The minimum Gasteiger partial charge on any atom is -0.488 e. The van der Waals surface area contributed by atoms with Crippen molar-refractivity contribution in [3.63, 3.8) is 0 Å². The molecule has 7 heteroatoms. The largest absolute Gasteiger partial charge is 0.488 e. The molecule has 0 bridgehead atoms. The molecule has 1 N–H and O–H groups in total. The minimum absolute atomic E-state index is 0.0659. The van der Waals surface area contributed by atoms with Gasteiger partial charge in [0, 0.05) is 5.69 Å². The predicted molar refractivity (Wildman–Crippen MR) is 142 cm³/mol. The number of hydrogen-bond donors (Lipinski definition) is 1. The lowest BCUT2D eigenvalue weighted by atomic mass is 10.1. The van der Waals surface area contributed by atoms with Crippen molar-refractivity contribution in [3.8, 4) is 11.8 Å². The SMILES string of the molecule is COC(=O)c1ccc(NC(=O)/C(C#N)=C/c2ccc(OCc3ccc4ccccc4c3)c(Br)c2)cc1. The van der Waals surface area contributed by atoms with Crippen LogP contribution < -0.4 is 10.1 Å². The summed E-state index contributed by atoms with van der Waals surface area (Å²) >= 11 is 3.51. The van der Waals surface area contributed by atoms with Gasteiger partial charge in [-0.05, 0) is 86.4 Å². The van der Waals surface area contributed by atoms with E-state index in [4.69, 9.17) is 4.74 Å². The van der Waals surface area contributed by atoms with Crippen molar-refractivity contribution < 1.29 is 19.1 Å². The Hall–Kier alpha value is -4.41. The maximum absolute atomic E-state index is 12.6. The van der Waals surface area contributed by atoms with Gasteiger partial charge in [0.2, 0.25) is 0 Å². The fourth-order valence-corrected chi connectivity index (χ4v) is 4.05. The molecule has 36 heavy (non-hydrogen) atoms. The second kappa shape index (κ2) is 11.3. The van der Waals surface area contributed by atoms with Crippen molar-refractivity contribution in [2.24, 2.45) is 0 Å². The first-order valence-electron chi connectivity index (χ1n) is 11.0. The maximum atomic E-state index is 12.6. The third-order valence-electron chi connectivity index (χ3n) is 5.40. The Bertz CT molecular complexity index is 1500. The van der Waals surface area contributed by atoms with E-state index in [2.05, 4.69) is 50.2 Å². The summed E-state index contributed by atoms with van der Waals surface area (Å²) in [6.45, 7) is 0.402. The number of nitriles is 1. The molecule has 0 saturated heterocycles. The summed E-state index contributed by atoms with van der Waals surface area (Å²) < 4.78 is 11.3.